The first kappa shape index (κ1) is 30.7. The van der Waals surface area contributed by atoms with Crippen LogP contribution in [0.3, 0.4) is 0 Å². The van der Waals surface area contributed by atoms with Gasteiger partial charge in [-0.25, -0.2) is 9.59 Å². The quantitative estimate of drug-likeness (QED) is 0.329. The van der Waals surface area contributed by atoms with Crippen LogP contribution in [-0.4, -0.2) is 48.9 Å². The largest absolute Gasteiger partial charge is 0.458 e. The van der Waals surface area contributed by atoms with E-state index >= 15 is 0 Å². The summed E-state index contributed by atoms with van der Waals surface area (Å²) in [6.45, 7) is 9.06. The molecule has 2 aromatic heterocycles. The van der Waals surface area contributed by atoms with Gasteiger partial charge < -0.3 is 20.7 Å². The molecule has 232 valence electrons. The van der Waals surface area contributed by atoms with Crippen molar-refractivity contribution in [1.82, 2.24) is 30.4 Å². The first-order valence-electron chi connectivity index (χ1n) is 14.0. The zero-order valence-corrected chi connectivity index (χ0v) is 24.7. The zero-order valence-electron chi connectivity index (χ0n) is 24.7. The molecule has 2 aliphatic carbocycles. The van der Waals surface area contributed by atoms with Crippen LogP contribution in [0.4, 0.5) is 23.7 Å². The number of alkyl halides is 3. The normalized spacial score (nSPS) is 21.6. The van der Waals surface area contributed by atoms with E-state index < -0.39 is 40.8 Å². The molecular formula is C30H32F3N7O4. The monoisotopic (exact) mass is 611 g/mol. The van der Waals surface area contributed by atoms with E-state index in [0.717, 1.165) is 6.07 Å². The molecule has 1 saturated carbocycles. The second kappa shape index (κ2) is 11.1. The van der Waals surface area contributed by atoms with E-state index in [0.29, 0.717) is 29.9 Å². The molecule has 3 aromatic rings. The SMILES string of the molecule is CC1C(C)C1(NC(=O)c1ccnn2c(C3=CC=C(NC(=O)Nc4ccccc4C(F)(F)F)CC3)nnc12)C(=O)OC(C)(C)C. The molecule has 3 amide bonds. The number of nitrogens with one attached hydrogen (secondary N) is 3. The number of anilines is 1. The topological polar surface area (TPSA) is 140 Å². The van der Waals surface area contributed by atoms with Crippen molar-refractivity contribution < 1.29 is 32.3 Å². The average Bonchev–Trinajstić information content (AvgIpc) is 3.26. The van der Waals surface area contributed by atoms with Crippen LogP contribution in [0.5, 0.6) is 0 Å². The number of rotatable bonds is 6. The highest BCUT2D eigenvalue weighted by Gasteiger charge is 2.67. The number of fused-ring (bicyclic) bond motifs is 1. The highest BCUT2D eigenvalue weighted by atomic mass is 19.4. The molecule has 0 spiro atoms. The Labute approximate surface area is 250 Å². The maximum absolute atomic E-state index is 13.5. The van der Waals surface area contributed by atoms with E-state index in [4.69, 9.17) is 4.74 Å². The fourth-order valence-corrected chi connectivity index (χ4v) is 5.29. The molecule has 0 radical (unpaired) electrons. The Kier molecular flexibility index (Phi) is 7.72. The molecule has 11 nitrogen and oxygen atoms in total. The minimum Gasteiger partial charge on any atom is -0.458 e. The minimum atomic E-state index is -4.62. The third-order valence-electron chi connectivity index (χ3n) is 7.88. The predicted octanol–water partition coefficient (Wildman–Crippen LogP) is 5.12. The van der Waals surface area contributed by atoms with Crippen molar-refractivity contribution in [3.05, 3.63) is 71.3 Å². The standard InChI is InChI=1S/C30H32F3N7O4/c1-16-17(2)29(16,26(42)44-28(3,4)5)37-25(41)20-14-15-34-40-23(38-39-24(20)40)18-10-12-19(13-11-18)35-27(43)36-22-9-7-6-8-21(22)30(31,32)33/h6-10,12,14-17H,11,13H2,1-5H3,(H,37,41)(H2,35,36,43). The number of hydrogen-bond acceptors (Lipinski definition) is 7. The summed E-state index contributed by atoms with van der Waals surface area (Å²) in [5.74, 6) is -0.886. The Hall–Kier alpha value is -4.75. The van der Waals surface area contributed by atoms with E-state index in [1.807, 2.05) is 13.8 Å². The van der Waals surface area contributed by atoms with Crippen molar-refractivity contribution in [1.29, 1.82) is 0 Å². The third-order valence-corrected chi connectivity index (χ3v) is 7.88. The van der Waals surface area contributed by atoms with Crippen molar-refractivity contribution in [2.24, 2.45) is 11.8 Å². The van der Waals surface area contributed by atoms with Crippen LogP contribution in [0.15, 0.2) is 54.4 Å². The number of esters is 1. The lowest BCUT2D eigenvalue weighted by Crippen LogP contribution is -2.49. The number of para-hydroxylation sites is 1. The summed E-state index contributed by atoms with van der Waals surface area (Å²) in [5.41, 5.74) is -1.61. The fourth-order valence-electron chi connectivity index (χ4n) is 5.29. The molecule has 2 atom stereocenters. The number of nitrogens with zero attached hydrogens (tertiary/aromatic N) is 4. The first-order chi connectivity index (χ1) is 20.6. The Balaban J connectivity index is 1.31. The van der Waals surface area contributed by atoms with Crippen LogP contribution in [0.25, 0.3) is 11.2 Å². The van der Waals surface area contributed by atoms with Crippen LogP contribution >= 0.6 is 0 Å². The van der Waals surface area contributed by atoms with Gasteiger partial charge in [0.25, 0.3) is 5.91 Å². The van der Waals surface area contributed by atoms with E-state index in [-0.39, 0.29) is 28.7 Å². The Morgan fingerprint density at radius 3 is 2.30 bits per heavy atom. The molecule has 2 unspecified atom stereocenters. The van der Waals surface area contributed by atoms with E-state index in [2.05, 4.69) is 31.2 Å². The number of hydrogen-bond donors (Lipinski definition) is 3. The summed E-state index contributed by atoms with van der Waals surface area (Å²) in [6.07, 6.45) is 0.884. The zero-order chi connectivity index (χ0) is 32.0. The number of carbonyl (C=O) groups is 3. The maximum Gasteiger partial charge on any atom is 0.418 e. The summed E-state index contributed by atoms with van der Waals surface area (Å²) >= 11 is 0. The van der Waals surface area contributed by atoms with Gasteiger partial charge in [0.15, 0.2) is 11.5 Å². The van der Waals surface area contributed by atoms with Crippen LogP contribution in [0.1, 0.15) is 69.2 Å². The highest BCUT2D eigenvalue weighted by Crippen LogP contribution is 2.51. The lowest BCUT2D eigenvalue weighted by atomic mass is 10.0. The lowest BCUT2D eigenvalue weighted by molar-refractivity contribution is -0.159. The number of halogens is 3. The molecule has 2 heterocycles. The van der Waals surface area contributed by atoms with Crippen molar-refractivity contribution in [2.45, 2.75) is 64.8 Å². The minimum absolute atomic E-state index is 0.129. The van der Waals surface area contributed by atoms with Gasteiger partial charge in [0.2, 0.25) is 0 Å². The number of allylic oxidation sites excluding steroid dienone is 4. The van der Waals surface area contributed by atoms with Gasteiger partial charge in [0.05, 0.1) is 16.8 Å². The number of ether oxygens (including phenoxy) is 1. The molecule has 2 aliphatic rings. The van der Waals surface area contributed by atoms with Gasteiger partial charge in [-0.15, -0.1) is 10.2 Å². The van der Waals surface area contributed by atoms with Gasteiger partial charge >= 0.3 is 18.2 Å². The van der Waals surface area contributed by atoms with Gasteiger partial charge in [0, 0.05) is 11.9 Å². The summed E-state index contributed by atoms with van der Waals surface area (Å²) in [6, 6.07) is 5.40. The second-order valence-electron chi connectivity index (χ2n) is 11.9. The highest BCUT2D eigenvalue weighted by molar-refractivity contribution is 6.03. The molecule has 1 fully saturated rings. The van der Waals surface area contributed by atoms with Crippen molar-refractivity contribution in [3.63, 3.8) is 0 Å². The Morgan fingerprint density at radius 1 is 0.977 bits per heavy atom. The van der Waals surface area contributed by atoms with Crippen LogP contribution in [0, 0.1) is 11.8 Å². The number of benzene rings is 1. The van der Waals surface area contributed by atoms with Crippen molar-refractivity contribution in [2.75, 3.05) is 5.32 Å². The molecule has 0 bridgehead atoms. The molecule has 5 rings (SSSR count). The van der Waals surface area contributed by atoms with Gasteiger partial charge in [-0.2, -0.15) is 22.8 Å². The lowest BCUT2D eigenvalue weighted by Gasteiger charge is -2.25. The van der Waals surface area contributed by atoms with Gasteiger partial charge in [-0.3, -0.25) is 4.79 Å². The molecule has 1 aromatic carbocycles. The smallest absolute Gasteiger partial charge is 0.418 e. The second-order valence-corrected chi connectivity index (χ2v) is 11.9. The summed E-state index contributed by atoms with van der Waals surface area (Å²) in [4.78, 5) is 39.0. The summed E-state index contributed by atoms with van der Waals surface area (Å²) < 4.78 is 46.8. The summed E-state index contributed by atoms with van der Waals surface area (Å²) in [5, 5.41) is 20.5. The molecular weight excluding hydrogens is 579 g/mol. The van der Waals surface area contributed by atoms with Crippen LogP contribution in [-0.2, 0) is 15.7 Å². The first-order valence-corrected chi connectivity index (χ1v) is 14.0. The summed E-state index contributed by atoms with van der Waals surface area (Å²) in [7, 11) is 0. The molecule has 0 aliphatic heterocycles. The number of carbonyl (C=O) groups excluding carboxylic acids is 3. The van der Waals surface area contributed by atoms with Crippen LogP contribution in [0.2, 0.25) is 0 Å². The van der Waals surface area contributed by atoms with E-state index in [1.165, 1.54) is 35.0 Å². The average molecular weight is 612 g/mol. The molecule has 0 saturated heterocycles. The maximum atomic E-state index is 13.5. The Bertz CT molecular complexity index is 1700. The van der Waals surface area contributed by atoms with Crippen LogP contribution < -0.4 is 16.0 Å². The van der Waals surface area contributed by atoms with E-state index in [9.17, 15) is 27.6 Å². The van der Waals surface area contributed by atoms with Gasteiger partial charge in [0.1, 0.15) is 11.1 Å². The van der Waals surface area contributed by atoms with Crippen molar-refractivity contribution in [3.8, 4) is 0 Å². The van der Waals surface area contributed by atoms with Crippen molar-refractivity contribution >= 4 is 34.8 Å². The molecule has 44 heavy (non-hydrogen) atoms. The molecule has 3 N–H and O–H groups in total. The van der Waals surface area contributed by atoms with E-state index in [1.54, 1.807) is 32.9 Å². The number of amides is 3. The number of urea groups is 1. The third kappa shape index (κ3) is 5.88. The number of aromatic nitrogens is 4. The predicted molar refractivity (Wildman–Crippen MR) is 154 cm³/mol. The van der Waals surface area contributed by atoms with Gasteiger partial charge in [-0.1, -0.05) is 32.1 Å². The van der Waals surface area contributed by atoms with Gasteiger partial charge in [-0.05, 0) is 75.3 Å². The fraction of sp³-hybridized carbons (Fsp3) is 0.400. The Morgan fingerprint density at radius 2 is 1.68 bits per heavy atom. The molecule has 14 heteroatoms.